The van der Waals surface area contributed by atoms with E-state index in [9.17, 15) is 15.0 Å². The third kappa shape index (κ3) is 2.98. The van der Waals surface area contributed by atoms with Crippen molar-refractivity contribution in [2.75, 3.05) is 7.11 Å². The maximum Gasteiger partial charge on any atom is 0.189 e. The number of phenolic OH excluding ortho intramolecular Hbond substituents is 2. The molecule has 0 saturated carbocycles. The van der Waals surface area contributed by atoms with Crippen LogP contribution in [0.15, 0.2) is 48.5 Å². The molecular weight excluding hydrogens is 256 g/mol. The van der Waals surface area contributed by atoms with E-state index >= 15 is 0 Å². The number of phenols is 2. The molecule has 20 heavy (non-hydrogen) atoms. The average molecular weight is 270 g/mol. The van der Waals surface area contributed by atoms with Crippen LogP contribution in [0.5, 0.6) is 17.2 Å². The van der Waals surface area contributed by atoms with Gasteiger partial charge >= 0.3 is 0 Å². The molecule has 0 aliphatic rings. The average Bonchev–Trinajstić information content (AvgIpc) is 2.46. The van der Waals surface area contributed by atoms with Gasteiger partial charge < -0.3 is 14.9 Å². The van der Waals surface area contributed by atoms with Crippen molar-refractivity contribution in [1.29, 1.82) is 0 Å². The number of para-hydroxylation sites is 1. The molecule has 2 N–H and O–H groups in total. The molecule has 4 nitrogen and oxygen atoms in total. The lowest BCUT2D eigenvalue weighted by molar-refractivity contribution is 0.104. The summed E-state index contributed by atoms with van der Waals surface area (Å²) in [6.45, 7) is 0. The Balaban J connectivity index is 2.27. The summed E-state index contributed by atoms with van der Waals surface area (Å²) in [4.78, 5) is 12.1. The first-order valence-corrected chi connectivity index (χ1v) is 5.99. The van der Waals surface area contributed by atoms with Gasteiger partial charge in [0.1, 0.15) is 17.2 Å². The molecule has 0 unspecified atom stereocenters. The largest absolute Gasteiger partial charge is 0.508 e. The molecular formula is C16H14O4. The first-order chi connectivity index (χ1) is 9.61. The quantitative estimate of drug-likeness (QED) is 0.662. The van der Waals surface area contributed by atoms with Crippen molar-refractivity contribution < 1.29 is 19.7 Å². The minimum atomic E-state index is -0.273. The molecule has 0 radical (unpaired) electrons. The zero-order valence-corrected chi connectivity index (χ0v) is 10.9. The highest BCUT2D eigenvalue weighted by molar-refractivity contribution is 6.08. The van der Waals surface area contributed by atoms with Crippen molar-refractivity contribution in [1.82, 2.24) is 0 Å². The van der Waals surface area contributed by atoms with Gasteiger partial charge in [-0.25, -0.2) is 0 Å². The number of ether oxygens (including phenoxy) is 1. The van der Waals surface area contributed by atoms with Crippen LogP contribution < -0.4 is 4.74 Å². The molecule has 2 aromatic rings. The molecule has 0 aliphatic heterocycles. The van der Waals surface area contributed by atoms with Crippen LogP contribution in [0.2, 0.25) is 0 Å². The second-order valence-electron chi connectivity index (χ2n) is 4.14. The molecule has 2 rings (SSSR count). The second kappa shape index (κ2) is 5.93. The monoisotopic (exact) mass is 270 g/mol. The number of rotatable bonds is 4. The Bertz CT molecular complexity index is 659. The van der Waals surface area contributed by atoms with Crippen LogP contribution in [0.1, 0.15) is 15.9 Å². The van der Waals surface area contributed by atoms with E-state index in [2.05, 4.69) is 0 Å². The zero-order chi connectivity index (χ0) is 14.5. The minimum absolute atomic E-state index is 0.0306. The number of hydrogen-bond acceptors (Lipinski definition) is 4. The van der Waals surface area contributed by atoms with E-state index in [1.165, 1.54) is 37.5 Å². The van der Waals surface area contributed by atoms with Gasteiger partial charge in [0.05, 0.1) is 12.7 Å². The summed E-state index contributed by atoms with van der Waals surface area (Å²) in [5, 5.41) is 19.0. The van der Waals surface area contributed by atoms with Gasteiger partial charge in [-0.1, -0.05) is 18.2 Å². The fraction of sp³-hybridized carbons (Fsp3) is 0.0625. The van der Waals surface area contributed by atoms with Crippen molar-refractivity contribution in [2.24, 2.45) is 0 Å². The maximum absolute atomic E-state index is 12.1. The maximum atomic E-state index is 12.1. The third-order valence-electron chi connectivity index (χ3n) is 2.80. The number of methoxy groups -OCH3 is 1. The molecule has 4 heteroatoms. The summed E-state index contributed by atoms with van der Waals surface area (Å²) in [5.41, 5.74) is 0.899. The van der Waals surface area contributed by atoms with E-state index < -0.39 is 0 Å². The summed E-state index contributed by atoms with van der Waals surface area (Å²) in [5.74, 6) is 0.166. The lowest BCUT2D eigenvalue weighted by Crippen LogP contribution is -1.98. The van der Waals surface area contributed by atoms with Crippen LogP contribution in [0, 0.1) is 0 Å². The van der Waals surface area contributed by atoms with Crippen molar-refractivity contribution in [3.8, 4) is 17.2 Å². The topological polar surface area (TPSA) is 66.8 Å². The van der Waals surface area contributed by atoms with Crippen molar-refractivity contribution >= 4 is 11.9 Å². The van der Waals surface area contributed by atoms with Gasteiger partial charge in [0.2, 0.25) is 0 Å². The fourth-order valence-electron chi connectivity index (χ4n) is 1.77. The van der Waals surface area contributed by atoms with Crippen LogP contribution in [0.25, 0.3) is 6.08 Å². The summed E-state index contributed by atoms with van der Waals surface area (Å²) in [6.07, 6.45) is 2.88. The van der Waals surface area contributed by atoms with Gasteiger partial charge in [0.25, 0.3) is 0 Å². The Labute approximate surface area is 116 Å². The zero-order valence-electron chi connectivity index (χ0n) is 10.9. The molecule has 0 aliphatic carbocycles. The van der Waals surface area contributed by atoms with Gasteiger partial charge in [0, 0.05) is 11.6 Å². The van der Waals surface area contributed by atoms with E-state index in [4.69, 9.17) is 4.74 Å². The molecule has 0 saturated heterocycles. The van der Waals surface area contributed by atoms with Crippen molar-refractivity contribution in [3.63, 3.8) is 0 Å². The number of carbonyl (C=O) groups excluding carboxylic acids is 1. The molecule has 0 heterocycles. The summed E-state index contributed by atoms with van der Waals surface area (Å²) in [6, 6.07) is 11.0. The SMILES string of the molecule is COc1cc(O)ccc1C(=O)/C=C/c1ccccc1O. The van der Waals surface area contributed by atoms with Crippen molar-refractivity contribution in [3.05, 3.63) is 59.7 Å². The van der Waals surface area contributed by atoms with E-state index in [0.717, 1.165) is 0 Å². The number of aromatic hydroxyl groups is 2. The highest BCUT2D eigenvalue weighted by Crippen LogP contribution is 2.25. The van der Waals surface area contributed by atoms with E-state index in [0.29, 0.717) is 16.9 Å². The van der Waals surface area contributed by atoms with Gasteiger partial charge in [-0.05, 0) is 30.4 Å². The van der Waals surface area contributed by atoms with Gasteiger partial charge in [-0.15, -0.1) is 0 Å². The summed E-state index contributed by atoms with van der Waals surface area (Å²) >= 11 is 0. The van der Waals surface area contributed by atoms with Gasteiger partial charge in [0.15, 0.2) is 5.78 Å². The molecule has 0 spiro atoms. The number of ketones is 1. The summed E-state index contributed by atoms with van der Waals surface area (Å²) in [7, 11) is 1.43. The lowest BCUT2D eigenvalue weighted by Gasteiger charge is -2.05. The Morgan fingerprint density at radius 2 is 1.90 bits per heavy atom. The fourth-order valence-corrected chi connectivity index (χ4v) is 1.77. The predicted molar refractivity (Wildman–Crippen MR) is 76.1 cm³/mol. The first kappa shape index (κ1) is 13.7. The van der Waals surface area contributed by atoms with E-state index in [1.807, 2.05) is 0 Å². The normalized spacial score (nSPS) is 10.7. The third-order valence-corrected chi connectivity index (χ3v) is 2.80. The number of hydrogen-bond donors (Lipinski definition) is 2. The molecule has 0 atom stereocenters. The van der Waals surface area contributed by atoms with Crippen LogP contribution in [-0.2, 0) is 0 Å². The van der Waals surface area contributed by atoms with Gasteiger partial charge in [-0.3, -0.25) is 4.79 Å². The van der Waals surface area contributed by atoms with E-state index in [-0.39, 0.29) is 17.3 Å². The van der Waals surface area contributed by atoms with Crippen LogP contribution in [-0.4, -0.2) is 23.1 Å². The lowest BCUT2D eigenvalue weighted by atomic mass is 10.1. The second-order valence-corrected chi connectivity index (χ2v) is 4.14. The standard InChI is InChI=1S/C16H14O4/c1-20-16-10-12(17)7-8-13(16)15(19)9-6-11-4-2-3-5-14(11)18/h2-10,17-18H,1H3/b9-6+. The Kier molecular flexibility index (Phi) is 4.05. The van der Waals surface area contributed by atoms with E-state index in [1.54, 1.807) is 24.3 Å². The van der Waals surface area contributed by atoms with Gasteiger partial charge in [-0.2, -0.15) is 0 Å². The Hall–Kier alpha value is -2.75. The Morgan fingerprint density at radius 1 is 1.15 bits per heavy atom. The first-order valence-electron chi connectivity index (χ1n) is 5.99. The molecule has 0 amide bonds. The van der Waals surface area contributed by atoms with Crippen LogP contribution >= 0.6 is 0 Å². The number of allylic oxidation sites excluding steroid dienone is 1. The number of carbonyl (C=O) groups is 1. The molecule has 0 aromatic heterocycles. The predicted octanol–water partition coefficient (Wildman–Crippen LogP) is 3.00. The summed E-state index contributed by atoms with van der Waals surface area (Å²) < 4.78 is 5.06. The van der Waals surface area contributed by atoms with Crippen LogP contribution in [0.4, 0.5) is 0 Å². The Morgan fingerprint density at radius 3 is 2.60 bits per heavy atom. The minimum Gasteiger partial charge on any atom is -0.508 e. The number of benzene rings is 2. The molecule has 0 fully saturated rings. The van der Waals surface area contributed by atoms with Crippen molar-refractivity contribution in [2.45, 2.75) is 0 Å². The van der Waals surface area contributed by atoms with Crippen LogP contribution in [0.3, 0.4) is 0 Å². The smallest absolute Gasteiger partial charge is 0.189 e. The molecule has 2 aromatic carbocycles. The molecule has 102 valence electrons. The highest BCUT2D eigenvalue weighted by Gasteiger charge is 2.10. The highest BCUT2D eigenvalue weighted by atomic mass is 16.5. The molecule has 0 bridgehead atoms.